The summed E-state index contributed by atoms with van der Waals surface area (Å²) in [7, 11) is 2.21. The highest BCUT2D eigenvalue weighted by atomic mass is 16.5. The van der Waals surface area contributed by atoms with E-state index < -0.39 is 0 Å². The first-order valence-corrected chi connectivity index (χ1v) is 8.37. The van der Waals surface area contributed by atoms with Crippen LogP contribution in [0, 0.1) is 0 Å². The number of fused-ring (bicyclic) bond motifs is 2. The number of carbonyl (C=O) groups is 1. The van der Waals surface area contributed by atoms with Crippen LogP contribution in [-0.2, 0) is 9.53 Å². The minimum atomic E-state index is -0.0514. The molecular formula is C16H28N2O2. The summed E-state index contributed by atoms with van der Waals surface area (Å²) in [5.41, 5.74) is 0. The van der Waals surface area contributed by atoms with Crippen LogP contribution < -0.4 is 5.32 Å². The molecule has 4 nitrogen and oxygen atoms in total. The van der Waals surface area contributed by atoms with Gasteiger partial charge in [-0.2, -0.15) is 0 Å². The summed E-state index contributed by atoms with van der Waals surface area (Å²) in [5, 5.41) is 3.37. The summed E-state index contributed by atoms with van der Waals surface area (Å²) in [6.07, 6.45) is 11.1. The Morgan fingerprint density at radius 1 is 1.10 bits per heavy atom. The number of esters is 1. The van der Waals surface area contributed by atoms with Gasteiger partial charge in [-0.05, 0) is 45.6 Å². The van der Waals surface area contributed by atoms with Gasteiger partial charge in [-0.15, -0.1) is 0 Å². The fourth-order valence-electron chi connectivity index (χ4n) is 4.22. The van der Waals surface area contributed by atoms with Gasteiger partial charge in [0.1, 0.15) is 6.10 Å². The molecule has 3 aliphatic rings. The van der Waals surface area contributed by atoms with E-state index in [1.54, 1.807) is 0 Å². The van der Waals surface area contributed by atoms with E-state index in [2.05, 4.69) is 17.3 Å². The highest BCUT2D eigenvalue weighted by Crippen LogP contribution is 2.35. The second-order valence-corrected chi connectivity index (χ2v) is 6.85. The van der Waals surface area contributed by atoms with Crippen molar-refractivity contribution in [2.75, 3.05) is 13.6 Å². The summed E-state index contributed by atoms with van der Waals surface area (Å²) >= 11 is 0. The van der Waals surface area contributed by atoms with Gasteiger partial charge in [-0.3, -0.25) is 4.79 Å². The molecule has 2 heterocycles. The van der Waals surface area contributed by atoms with Gasteiger partial charge in [-0.25, -0.2) is 0 Å². The van der Waals surface area contributed by atoms with E-state index in [-0.39, 0.29) is 12.1 Å². The third kappa shape index (κ3) is 3.34. The zero-order valence-corrected chi connectivity index (χ0v) is 12.6. The average molecular weight is 280 g/mol. The fraction of sp³-hybridized carbons (Fsp3) is 0.938. The molecule has 20 heavy (non-hydrogen) atoms. The molecule has 0 amide bonds. The first kappa shape index (κ1) is 14.3. The molecule has 3 atom stereocenters. The van der Waals surface area contributed by atoms with Gasteiger partial charge >= 0.3 is 5.97 Å². The summed E-state index contributed by atoms with van der Waals surface area (Å²) in [6, 6.07) is 1.81. The molecule has 0 spiro atoms. The molecule has 1 aliphatic carbocycles. The Kier molecular flexibility index (Phi) is 4.61. The molecule has 0 radical (unpaired) electrons. The van der Waals surface area contributed by atoms with Crippen LogP contribution in [-0.4, -0.2) is 48.7 Å². The first-order valence-electron chi connectivity index (χ1n) is 8.37. The molecule has 2 aliphatic heterocycles. The van der Waals surface area contributed by atoms with Crippen LogP contribution in [0.5, 0.6) is 0 Å². The van der Waals surface area contributed by atoms with Crippen LogP contribution in [0.2, 0.25) is 0 Å². The van der Waals surface area contributed by atoms with E-state index in [1.807, 2.05) is 0 Å². The third-order valence-corrected chi connectivity index (χ3v) is 5.49. The number of ether oxygens (including phenoxy) is 1. The normalized spacial score (nSPS) is 35.1. The van der Waals surface area contributed by atoms with Crippen LogP contribution in [0.25, 0.3) is 0 Å². The van der Waals surface area contributed by atoms with Crippen LogP contribution in [0.15, 0.2) is 0 Å². The predicted molar refractivity (Wildman–Crippen MR) is 78.6 cm³/mol. The largest absolute Gasteiger partial charge is 0.461 e. The summed E-state index contributed by atoms with van der Waals surface area (Å²) in [5.74, 6) is -0.0514. The monoisotopic (exact) mass is 280 g/mol. The van der Waals surface area contributed by atoms with Gasteiger partial charge in [0.2, 0.25) is 0 Å². The fourth-order valence-corrected chi connectivity index (χ4v) is 4.22. The Morgan fingerprint density at radius 2 is 1.75 bits per heavy atom. The molecule has 3 rings (SSSR count). The molecule has 0 aromatic heterocycles. The van der Waals surface area contributed by atoms with Gasteiger partial charge in [0.25, 0.3) is 0 Å². The van der Waals surface area contributed by atoms with Crippen molar-refractivity contribution in [2.24, 2.45) is 0 Å². The molecule has 1 saturated carbocycles. The number of piperidine rings is 1. The Hall–Kier alpha value is -0.610. The van der Waals surface area contributed by atoms with Crippen molar-refractivity contribution in [3.63, 3.8) is 0 Å². The minimum absolute atomic E-state index is 0.0514. The van der Waals surface area contributed by atoms with Crippen LogP contribution in [0.1, 0.15) is 57.8 Å². The second kappa shape index (κ2) is 6.44. The highest BCUT2D eigenvalue weighted by Gasteiger charge is 2.39. The molecule has 1 N–H and O–H groups in total. The number of carbonyl (C=O) groups excluding carboxylic acids is 1. The zero-order valence-electron chi connectivity index (χ0n) is 12.6. The van der Waals surface area contributed by atoms with Gasteiger partial charge in [0.15, 0.2) is 0 Å². The van der Waals surface area contributed by atoms with Gasteiger partial charge in [-0.1, -0.05) is 19.3 Å². The van der Waals surface area contributed by atoms with E-state index in [4.69, 9.17) is 4.74 Å². The lowest BCUT2D eigenvalue weighted by atomic mass is 9.95. The van der Waals surface area contributed by atoms with E-state index in [1.165, 1.54) is 44.9 Å². The zero-order chi connectivity index (χ0) is 13.9. The maximum atomic E-state index is 12.0. The quantitative estimate of drug-likeness (QED) is 0.801. The van der Waals surface area contributed by atoms with E-state index in [9.17, 15) is 4.79 Å². The Morgan fingerprint density at radius 3 is 2.40 bits per heavy atom. The molecule has 0 aromatic carbocycles. The van der Waals surface area contributed by atoms with E-state index in [0.29, 0.717) is 24.7 Å². The van der Waals surface area contributed by atoms with Crippen molar-refractivity contribution in [2.45, 2.75) is 82.0 Å². The van der Waals surface area contributed by atoms with Crippen molar-refractivity contribution in [1.29, 1.82) is 0 Å². The Bertz CT molecular complexity index is 327. The topological polar surface area (TPSA) is 41.6 Å². The van der Waals surface area contributed by atoms with Gasteiger partial charge < -0.3 is 15.0 Å². The first-order chi connectivity index (χ1) is 9.72. The lowest BCUT2D eigenvalue weighted by molar-refractivity contribution is -0.151. The van der Waals surface area contributed by atoms with Crippen LogP contribution >= 0.6 is 0 Å². The molecular weight excluding hydrogens is 252 g/mol. The minimum Gasteiger partial charge on any atom is -0.461 e. The second-order valence-electron chi connectivity index (χ2n) is 6.85. The number of nitrogens with one attached hydrogen (secondary N) is 1. The van der Waals surface area contributed by atoms with Crippen molar-refractivity contribution in [1.82, 2.24) is 10.2 Å². The van der Waals surface area contributed by atoms with Crippen molar-refractivity contribution in [3.8, 4) is 0 Å². The summed E-state index contributed by atoms with van der Waals surface area (Å²) in [6.45, 7) is 0.395. The molecule has 1 unspecified atom stereocenters. The maximum absolute atomic E-state index is 12.0. The molecule has 0 aromatic rings. The molecule has 3 fully saturated rings. The molecule has 114 valence electrons. The number of rotatable bonds is 4. The van der Waals surface area contributed by atoms with Crippen molar-refractivity contribution < 1.29 is 9.53 Å². The Balaban J connectivity index is 1.38. The third-order valence-electron chi connectivity index (χ3n) is 5.49. The van der Waals surface area contributed by atoms with Crippen molar-refractivity contribution in [3.05, 3.63) is 0 Å². The molecule has 4 heteroatoms. The molecule has 2 saturated heterocycles. The standard InChI is InChI=1S/C16H28N2O2/c1-18-13-7-8-14(18)10-15(9-13)20-16(19)11-17-12-5-3-2-4-6-12/h12-15,17H,2-11H2,1H3/t13-,14+,15?. The predicted octanol–water partition coefficient (Wildman–Crippen LogP) is 2.08. The van der Waals surface area contributed by atoms with E-state index >= 15 is 0 Å². The van der Waals surface area contributed by atoms with Crippen LogP contribution in [0.4, 0.5) is 0 Å². The maximum Gasteiger partial charge on any atom is 0.320 e. The summed E-state index contributed by atoms with van der Waals surface area (Å²) in [4.78, 5) is 14.4. The average Bonchev–Trinajstić information content (AvgIpc) is 2.68. The van der Waals surface area contributed by atoms with E-state index in [0.717, 1.165) is 12.8 Å². The summed E-state index contributed by atoms with van der Waals surface area (Å²) < 4.78 is 5.68. The number of nitrogens with zero attached hydrogens (tertiary/aromatic N) is 1. The lowest BCUT2D eigenvalue weighted by Gasteiger charge is -2.35. The number of hydrogen-bond acceptors (Lipinski definition) is 4. The lowest BCUT2D eigenvalue weighted by Crippen LogP contribution is -2.44. The molecule has 2 bridgehead atoms. The Labute approximate surface area is 122 Å². The smallest absolute Gasteiger partial charge is 0.320 e. The SMILES string of the molecule is CN1[C@@H]2CC[C@H]1CC(OC(=O)CNC1CCCCC1)C2. The highest BCUT2D eigenvalue weighted by molar-refractivity contribution is 5.71. The van der Waals surface area contributed by atoms with Gasteiger partial charge in [0.05, 0.1) is 6.54 Å². The number of hydrogen-bond donors (Lipinski definition) is 1. The van der Waals surface area contributed by atoms with Crippen molar-refractivity contribution >= 4 is 5.97 Å². The van der Waals surface area contributed by atoms with Gasteiger partial charge in [0, 0.05) is 18.1 Å². The van der Waals surface area contributed by atoms with Crippen LogP contribution in [0.3, 0.4) is 0 Å².